The van der Waals surface area contributed by atoms with Crippen molar-refractivity contribution in [2.24, 2.45) is 5.73 Å². The van der Waals surface area contributed by atoms with Crippen LogP contribution in [0.1, 0.15) is 316 Å². The van der Waals surface area contributed by atoms with Gasteiger partial charge in [-0.15, -0.1) is 0 Å². The lowest BCUT2D eigenvalue weighted by molar-refractivity contribution is -0.123. The van der Waals surface area contributed by atoms with Crippen LogP contribution in [0.15, 0.2) is 0 Å². The summed E-state index contributed by atoms with van der Waals surface area (Å²) in [6.07, 6.45) is 60.5. The van der Waals surface area contributed by atoms with E-state index < -0.39 is 20.0 Å². The number of amides is 1. The molecule has 5 N–H and O–H groups in total. The molecule has 0 heterocycles. The highest BCUT2D eigenvalue weighted by molar-refractivity contribution is 7.47. The van der Waals surface area contributed by atoms with Crippen LogP contribution in [0.4, 0.5) is 0 Å². The minimum Gasteiger partial charge on any atom is -0.391 e. The molecule has 0 rings (SSSR count). The van der Waals surface area contributed by atoms with E-state index >= 15 is 0 Å². The highest BCUT2D eigenvalue weighted by Crippen LogP contribution is 2.43. The number of carbonyl (C=O) groups is 1. The van der Waals surface area contributed by atoms with Crippen molar-refractivity contribution in [3.8, 4) is 0 Å². The lowest BCUT2D eigenvalue weighted by atomic mass is 10.0. The molecular formula is C55H113N2O6P. The molecule has 9 heteroatoms. The third-order valence-electron chi connectivity index (χ3n) is 13.5. The molecule has 0 saturated carbocycles. The number of rotatable bonds is 55. The van der Waals surface area contributed by atoms with E-state index in [-0.39, 0.29) is 25.7 Å². The molecule has 384 valence electrons. The van der Waals surface area contributed by atoms with Crippen molar-refractivity contribution in [3.05, 3.63) is 0 Å². The number of hydrogen-bond acceptors (Lipinski definition) is 6. The second-order valence-corrected chi connectivity index (χ2v) is 21.3. The lowest BCUT2D eigenvalue weighted by Gasteiger charge is -2.25. The Morgan fingerprint density at radius 2 is 0.719 bits per heavy atom. The van der Waals surface area contributed by atoms with Crippen molar-refractivity contribution in [2.45, 2.75) is 328 Å². The molecule has 0 aliphatic carbocycles. The topological polar surface area (TPSA) is 131 Å². The predicted molar refractivity (Wildman–Crippen MR) is 277 cm³/mol. The Morgan fingerprint density at radius 3 is 1.00 bits per heavy atom. The van der Waals surface area contributed by atoms with Gasteiger partial charge in [-0.25, -0.2) is 4.57 Å². The fourth-order valence-corrected chi connectivity index (χ4v) is 9.90. The second-order valence-electron chi connectivity index (χ2n) is 19.9. The average molecular weight is 929 g/mol. The zero-order chi connectivity index (χ0) is 46.7. The van der Waals surface area contributed by atoms with Crippen LogP contribution in [-0.4, -0.2) is 47.8 Å². The van der Waals surface area contributed by atoms with Crippen LogP contribution >= 0.6 is 7.82 Å². The van der Waals surface area contributed by atoms with Gasteiger partial charge in [-0.05, 0) is 12.8 Å². The van der Waals surface area contributed by atoms with E-state index in [1.165, 1.54) is 250 Å². The summed E-state index contributed by atoms with van der Waals surface area (Å²) in [7, 11) is -4.31. The van der Waals surface area contributed by atoms with E-state index in [0.29, 0.717) is 12.8 Å². The third-order valence-corrected chi connectivity index (χ3v) is 14.4. The fraction of sp³-hybridized carbons (Fsp3) is 0.982. The van der Waals surface area contributed by atoms with Gasteiger partial charge in [-0.1, -0.05) is 296 Å². The Labute approximate surface area is 399 Å². The highest BCUT2D eigenvalue weighted by Gasteiger charge is 2.27. The van der Waals surface area contributed by atoms with E-state index in [9.17, 15) is 19.4 Å². The minimum atomic E-state index is -4.31. The number of unbranched alkanes of at least 4 members (excludes halogenated alkanes) is 43. The molecule has 0 bridgehead atoms. The molecule has 0 fully saturated rings. The molecule has 0 aliphatic heterocycles. The lowest BCUT2D eigenvalue weighted by Crippen LogP contribution is -2.46. The molecule has 0 radical (unpaired) electrons. The van der Waals surface area contributed by atoms with Gasteiger partial charge in [0.05, 0.1) is 25.4 Å². The van der Waals surface area contributed by atoms with E-state index in [2.05, 4.69) is 19.2 Å². The SMILES string of the molecule is CCCCCCCCCCCCCCCCCCCCCCCCCCCCCCCCCCCCCCC(=O)N[C@@H](COP(=O)(O)OCCN)[C@H](O)CCCCCCCCCCC. The summed E-state index contributed by atoms with van der Waals surface area (Å²) in [6.45, 7) is 4.23. The number of hydrogen-bond donors (Lipinski definition) is 4. The zero-order valence-corrected chi connectivity index (χ0v) is 44.0. The Hall–Kier alpha value is -0.500. The largest absolute Gasteiger partial charge is 0.472 e. The first kappa shape index (κ1) is 63.5. The average Bonchev–Trinajstić information content (AvgIpc) is 3.29. The van der Waals surface area contributed by atoms with E-state index in [0.717, 1.165) is 38.5 Å². The van der Waals surface area contributed by atoms with Crippen LogP contribution in [0.25, 0.3) is 0 Å². The Balaban J connectivity index is 3.64. The monoisotopic (exact) mass is 929 g/mol. The number of carbonyl (C=O) groups excluding carboxylic acids is 1. The molecular weight excluding hydrogens is 816 g/mol. The Morgan fingerprint density at radius 1 is 0.453 bits per heavy atom. The molecule has 0 aromatic carbocycles. The quantitative estimate of drug-likeness (QED) is 0.0353. The molecule has 1 unspecified atom stereocenters. The Kier molecular flexibility index (Phi) is 51.5. The number of phosphoric ester groups is 1. The molecule has 0 aromatic rings. The highest BCUT2D eigenvalue weighted by atomic mass is 31.2. The van der Waals surface area contributed by atoms with Crippen molar-refractivity contribution in [2.75, 3.05) is 19.8 Å². The van der Waals surface area contributed by atoms with Gasteiger partial charge in [0.1, 0.15) is 0 Å². The first-order valence-corrected chi connectivity index (χ1v) is 30.1. The molecule has 0 aliphatic rings. The van der Waals surface area contributed by atoms with Crippen LogP contribution < -0.4 is 11.1 Å². The van der Waals surface area contributed by atoms with Gasteiger partial charge in [-0.3, -0.25) is 13.8 Å². The molecule has 0 spiro atoms. The van der Waals surface area contributed by atoms with Crippen LogP contribution in [-0.2, 0) is 18.4 Å². The number of nitrogens with one attached hydrogen (secondary N) is 1. The minimum absolute atomic E-state index is 0.0923. The van der Waals surface area contributed by atoms with Crippen LogP contribution in [0, 0.1) is 0 Å². The first-order valence-electron chi connectivity index (χ1n) is 28.7. The summed E-state index contributed by atoms with van der Waals surface area (Å²) in [4.78, 5) is 22.8. The molecule has 1 amide bonds. The maximum atomic E-state index is 12.8. The number of phosphoric acid groups is 1. The van der Waals surface area contributed by atoms with Crippen molar-refractivity contribution in [1.82, 2.24) is 5.32 Å². The predicted octanol–water partition coefficient (Wildman–Crippen LogP) is 17.3. The van der Waals surface area contributed by atoms with E-state index in [4.69, 9.17) is 14.8 Å². The number of aliphatic hydroxyl groups is 1. The molecule has 3 atom stereocenters. The van der Waals surface area contributed by atoms with Crippen molar-refractivity contribution in [1.29, 1.82) is 0 Å². The smallest absolute Gasteiger partial charge is 0.391 e. The normalized spacial score (nSPS) is 13.6. The van der Waals surface area contributed by atoms with Gasteiger partial charge in [0.2, 0.25) is 5.91 Å². The maximum absolute atomic E-state index is 12.8. The van der Waals surface area contributed by atoms with Crippen molar-refractivity contribution < 1.29 is 28.4 Å². The maximum Gasteiger partial charge on any atom is 0.472 e. The van der Waals surface area contributed by atoms with E-state index in [1.807, 2.05) is 0 Å². The first-order chi connectivity index (χ1) is 31.4. The summed E-state index contributed by atoms with van der Waals surface area (Å²) in [6, 6.07) is -0.767. The summed E-state index contributed by atoms with van der Waals surface area (Å²) in [5.74, 6) is -0.156. The number of nitrogens with two attached hydrogens (primary N) is 1. The molecule has 8 nitrogen and oxygen atoms in total. The Bertz CT molecular complexity index is 973. The van der Waals surface area contributed by atoms with E-state index in [1.54, 1.807) is 0 Å². The molecule has 0 saturated heterocycles. The van der Waals surface area contributed by atoms with Crippen molar-refractivity contribution in [3.63, 3.8) is 0 Å². The summed E-state index contributed by atoms with van der Waals surface area (Å²) in [5, 5.41) is 13.8. The standard InChI is InChI=1S/C55H113N2O6P/c1-3-5-7-9-11-13-14-15-16-17-18-19-20-21-22-23-24-25-26-27-28-29-30-31-32-33-34-35-36-37-38-39-41-43-45-47-49-55(59)57-53(52-63-64(60,61)62-51-50-56)54(58)48-46-44-42-40-12-10-8-6-4-2/h53-54,58H,3-52,56H2,1-2H3,(H,57,59)(H,60,61)/t53-,54+/m0/s1. The van der Waals surface area contributed by atoms with Crippen LogP contribution in [0.5, 0.6) is 0 Å². The van der Waals surface area contributed by atoms with Gasteiger partial charge in [0.15, 0.2) is 0 Å². The van der Waals surface area contributed by atoms with Crippen LogP contribution in [0.2, 0.25) is 0 Å². The van der Waals surface area contributed by atoms with Gasteiger partial charge in [0, 0.05) is 13.0 Å². The third kappa shape index (κ3) is 49.4. The fourth-order valence-electron chi connectivity index (χ4n) is 9.14. The molecule has 64 heavy (non-hydrogen) atoms. The van der Waals surface area contributed by atoms with Gasteiger partial charge >= 0.3 is 7.82 Å². The second kappa shape index (κ2) is 51.9. The summed E-state index contributed by atoms with van der Waals surface area (Å²) >= 11 is 0. The molecule has 0 aromatic heterocycles. The zero-order valence-electron chi connectivity index (χ0n) is 43.1. The summed E-state index contributed by atoms with van der Waals surface area (Å²) < 4.78 is 22.2. The number of aliphatic hydroxyl groups excluding tert-OH is 1. The van der Waals surface area contributed by atoms with Crippen molar-refractivity contribution >= 4 is 13.7 Å². The van der Waals surface area contributed by atoms with Crippen LogP contribution in [0.3, 0.4) is 0 Å². The van der Waals surface area contributed by atoms with Gasteiger partial charge < -0.3 is 21.1 Å². The van der Waals surface area contributed by atoms with Gasteiger partial charge in [0.25, 0.3) is 0 Å². The summed E-state index contributed by atoms with van der Waals surface area (Å²) in [5.41, 5.74) is 5.39. The van der Waals surface area contributed by atoms with Gasteiger partial charge in [-0.2, -0.15) is 0 Å².